The van der Waals surface area contributed by atoms with Gasteiger partial charge in [-0.15, -0.1) is 0 Å². The number of nitrogens with zero attached hydrogens (tertiary/aromatic N) is 2. The minimum absolute atomic E-state index is 0.0511. The average molecular weight is 402 g/mol. The Labute approximate surface area is 168 Å². The van der Waals surface area contributed by atoms with E-state index >= 15 is 0 Å². The van der Waals surface area contributed by atoms with Crippen LogP contribution >= 0.6 is 23.2 Å². The summed E-state index contributed by atoms with van der Waals surface area (Å²) in [7, 11) is 0. The SMILES string of the molecule is Clc1ccc(CC(Oc2cccc3ncncc23)C2CCNCC2)cc1Cl. The molecule has 1 N–H and O–H groups in total. The van der Waals surface area contributed by atoms with Gasteiger partial charge in [0.2, 0.25) is 0 Å². The molecule has 1 unspecified atom stereocenters. The minimum atomic E-state index is 0.0511. The maximum absolute atomic E-state index is 6.56. The third-order valence-electron chi connectivity index (χ3n) is 5.12. The monoisotopic (exact) mass is 401 g/mol. The van der Waals surface area contributed by atoms with Crippen LogP contribution in [0.4, 0.5) is 0 Å². The summed E-state index contributed by atoms with van der Waals surface area (Å²) in [6.07, 6.45) is 6.39. The fourth-order valence-electron chi connectivity index (χ4n) is 3.66. The zero-order chi connectivity index (χ0) is 18.6. The van der Waals surface area contributed by atoms with Crippen molar-refractivity contribution < 1.29 is 4.74 Å². The first-order valence-corrected chi connectivity index (χ1v) is 9.96. The Bertz CT molecular complexity index is 923. The lowest BCUT2D eigenvalue weighted by molar-refractivity contribution is 0.113. The van der Waals surface area contributed by atoms with E-state index < -0.39 is 0 Å². The molecule has 1 atom stereocenters. The molecule has 1 aliphatic rings. The predicted molar refractivity (Wildman–Crippen MR) is 110 cm³/mol. The predicted octanol–water partition coefficient (Wildman–Crippen LogP) is 4.93. The second-order valence-electron chi connectivity index (χ2n) is 6.91. The fourth-order valence-corrected chi connectivity index (χ4v) is 3.98. The maximum atomic E-state index is 6.56. The van der Waals surface area contributed by atoms with E-state index in [1.807, 2.05) is 42.6 Å². The van der Waals surface area contributed by atoms with Crippen LogP contribution in [0.1, 0.15) is 18.4 Å². The molecule has 1 fully saturated rings. The van der Waals surface area contributed by atoms with Crippen molar-refractivity contribution in [3.63, 3.8) is 0 Å². The smallest absolute Gasteiger partial charge is 0.130 e. The molecule has 2 aromatic carbocycles. The van der Waals surface area contributed by atoms with Crippen molar-refractivity contribution in [2.45, 2.75) is 25.4 Å². The van der Waals surface area contributed by atoms with E-state index in [1.54, 1.807) is 6.33 Å². The molecular weight excluding hydrogens is 381 g/mol. The zero-order valence-corrected chi connectivity index (χ0v) is 16.4. The van der Waals surface area contributed by atoms with Crippen LogP contribution in [0.2, 0.25) is 10.0 Å². The molecule has 0 saturated carbocycles. The zero-order valence-electron chi connectivity index (χ0n) is 14.9. The fraction of sp³-hybridized carbons (Fsp3) is 0.333. The van der Waals surface area contributed by atoms with Gasteiger partial charge in [0.15, 0.2) is 0 Å². The molecule has 0 radical (unpaired) electrons. The molecule has 0 aliphatic carbocycles. The number of hydrogen-bond donors (Lipinski definition) is 1. The van der Waals surface area contributed by atoms with E-state index in [0.717, 1.165) is 54.6 Å². The van der Waals surface area contributed by atoms with E-state index in [0.29, 0.717) is 16.0 Å². The van der Waals surface area contributed by atoms with Gasteiger partial charge < -0.3 is 10.1 Å². The van der Waals surface area contributed by atoms with Crippen LogP contribution < -0.4 is 10.1 Å². The number of piperidine rings is 1. The van der Waals surface area contributed by atoms with Crippen LogP contribution in [0.25, 0.3) is 10.9 Å². The normalized spacial score (nSPS) is 16.4. The number of fused-ring (bicyclic) bond motifs is 1. The Balaban J connectivity index is 1.63. The summed E-state index contributed by atoms with van der Waals surface area (Å²) < 4.78 is 6.56. The van der Waals surface area contributed by atoms with Crippen molar-refractivity contribution in [2.24, 2.45) is 5.92 Å². The Morgan fingerprint density at radius 3 is 2.78 bits per heavy atom. The summed E-state index contributed by atoms with van der Waals surface area (Å²) in [5.41, 5.74) is 2.02. The molecule has 2 heterocycles. The molecule has 4 rings (SSSR count). The summed E-state index contributed by atoms with van der Waals surface area (Å²) in [6, 6.07) is 11.8. The first kappa shape index (κ1) is 18.5. The number of rotatable bonds is 5. The van der Waals surface area contributed by atoms with Gasteiger partial charge in [0.05, 0.1) is 20.9 Å². The van der Waals surface area contributed by atoms with Crippen LogP contribution in [0, 0.1) is 5.92 Å². The number of benzene rings is 2. The lowest BCUT2D eigenvalue weighted by Crippen LogP contribution is -2.38. The van der Waals surface area contributed by atoms with E-state index in [2.05, 4.69) is 15.3 Å². The second kappa shape index (κ2) is 8.42. The van der Waals surface area contributed by atoms with Gasteiger partial charge in [0.25, 0.3) is 0 Å². The van der Waals surface area contributed by atoms with Gasteiger partial charge >= 0.3 is 0 Å². The lowest BCUT2D eigenvalue weighted by Gasteiger charge is -2.31. The molecule has 3 aromatic rings. The average Bonchev–Trinajstić information content (AvgIpc) is 2.71. The molecule has 0 amide bonds. The molecule has 1 aliphatic heterocycles. The highest BCUT2D eigenvalue weighted by atomic mass is 35.5. The van der Waals surface area contributed by atoms with Crippen molar-refractivity contribution >= 4 is 34.1 Å². The minimum Gasteiger partial charge on any atom is -0.489 e. The Morgan fingerprint density at radius 2 is 1.96 bits per heavy atom. The Kier molecular flexibility index (Phi) is 5.77. The largest absolute Gasteiger partial charge is 0.489 e. The lowest BCUT2D eigenvalue weighted by atomic mass is 9.88. The van der Waals surface area contributed by atoms with Gasteiger partial charge in [-0.2, -0.15) is 0 Å². The van der Waals surface area contributed by atoms with Gasteiger partial charge in [0, 0.05) is 12.6 Å². The molecule has 27 heavy (non-hydrogen) atoms. The summed E-state index contributed by atoms with van der Waals surface area (Å²) in [5, 5.41) is 5.52. The Hall–Kier alpha value is -1.88. The molecular formula is C21H21Cl2N3O. The molecule has 140 valence electrons. The van der Waals surface area contributed by atoms with Crippen LogP contribution in [-0.4, -0.2) is 29.2 Å². The summed E-state index contributed by atoms with van der Waals surface area (Å²) >= 11 is 12.3. The molecule has 6 heteroatoms. The highest BCUT2D eigenvalue weighted by Crippen LogP contribution is 2.30. The third-order valence-corrected chi connectivity index (χ3v) is 5.86. The van der Waals surface area contributed by atoms with Crippen molar-refractivity contribution in [3.8, 4) is 5.75 Å². The highest BCUT2D eigenvalue weighted by Gasteiger charge is 2.26. The first-order chi connectivity index (χ1) is 13.2. The maximum Gasteiger partial charge on any atom is 0.130 e. The molecule has 1 saturated heterocycles. The third kappa shape index (κ3) is 4.34. The number of nitrogens with one attached hydrogen (secondary N) is 1. The van der Waals surface area contributed by atoms with Crippen LogP contribution in [-0.2, 0) is 6.42 Å². The van der Waals surface area contributed by atoms with Crippen molar-refractivity contribution in [2.75, 3.05) is 13.1 Å². The topological polar surface area (TPSA) is 47.0 Å². The van der Waals surface area contributed by atoms with Gasteiger partial charge in [0.1, 0.15) is 18.2 Å². The summed E-state index contributed by atoms with van der Waals surface area (Å²) in [6.45, 7) is 2.04. The van der Waals surface area contributed by atoms with E-state index in [1.165, 1.54) is 0 Å². The molecule has 4 nitrogen and oxygen atoms in total. The number of halogens is 2. The van der Waals surface area contributed by atoms with Crippen molar-refractivity contribution in [1.29, 1.82) is 0 Å². The van der Waals surface area contributed by atoms with Crippen LogP contribution in [0.15, 0.2) is 48.9 Å². The first-order valence-electron chi connectivity index (χ1n) is 9.21. The summed E-state index contributed by atoms with van der Waals surface area (Å²) in [4.78, 5) is 8.50. The second-order valence-corrected chi connectivity index (χ2v) is 7.72. The summed E-state index contributed by atoms with van der Waals surface area (Å²) in [5.74, 6) is 1.30. The van der Waals surface area contributed by atoms with Gasteiger partial charge in [-0.1, -0.05) is 35.3 Å². The van der Waals surface area contributed by atoms with Crippen LogP contribution in [0.5, 0.6) is 5.75 Å². The van der Waals surface area contributed by atoms with Gasteiger partial charge in [-0.3, -0.25) is 0 Å². The van der Waals surface area contributed by atoms with Crippen LogP contribution in [0.3, 0.4) is 0 Å². The van der Waals surface area contributed by atoms with Gasteiger partial charge in [-0.25, -0.2) is 9.97 Å². The van der Waals surface area contributed by atoms with Gasteiger partial charge in [-0.05, 0) is 61.7 Å². The van der Waals surface area contributed by atoms with E-state index in [9.17, 15) is 0 Å². The number of aromatic nitrogens is 2. The van der Waals surface area contributed by atoms with Crippen molar-refractivity contribution in [3.05, 3.63) is 64.5 Å². The highest BCUT2D eigenvalue weighted by molar-refractivity contribution is 6.42. The quantitative estimate of drug-likeness (QED) is 0.658. The van der Waals surface area contributed by atoms with E-state index in [-0.39, 0.29) is 6.10 Å². The molecule has 0 bridgehead atoms. The molecule has 0 spiro atoms. The molecule has 1 aromatic heterocycles. The van der Waals surface area contributed by atoms with E-state index in [4.69, 9.17) is 27.9 Å². The Morgan fingerprint density at radius 1 is 1.11 bits per heavy atom. The van der Waals surface area contributed by atoms with Crippen molar-refractivity contribution in [1.82, 2.24) is 15.3 Å². The number of hydrogen-bond acceptors (Lipinski definition) is 4. The standard InChI is InChI=1S/C21H21Cl2N3O/c22-17-5-4-14(10-18(17)23)11-21(15-6-8-24-9-7-15)27-20-3-1-2-19-16(20)12-25-13-26-19/h1-5,10,12-13,15,21,24H,6-9,11H2. The number of ether oxygens (including phenoxy) is 1.